The van der Waals surface area contributed by atoms with E-state index in [1.54, 1.807) is 18.3 Å². The lowest BCUT2D eigenvalue weighted by molar-refractivity contribution is -0.117. The van der Waals surface area contributed by atoms with Gasteiger partial charge in [0.1, 0.15) is 5.82 Å². The fourth-order valence-electron chi connectivity index (χ4n) is 2.51. The fraction of sp³-hybridized carbons (Fsp3) is 0.294. The summed E-state index contributed by atoms with van der Waals surface area (Å²) in [5.74, 6) is 0.441. The van der Waals surface area contributed by atoms with Gasteiger partial charge in [0, 0.05) is 29.8 Å². The van der Waals surface area contributed by atoms with Crippen LogP contribution in [-0.2, 0) is 4.79 Å². The number of alkyl halides is 3. The molecule has 1 aliphatic rings. The lowest BCUT2D eigenvalue weighted by Crippen LogP contribution is -2.20. The first-order chi connectivity index (χ1) is 13.0. The summed E-state index contributed by atoms with van der Waals surface area (Å²) in [4.78, 5) is 26.7. The molecule has 1 saturated carbocycles. The van der Waals surface area contributed by atoms with Crippen molar-refractivity contribution in [3.8, 4) is 17.4 Å². The molecule has 1 aliphatic carbocycles. The van der Waals surface area contributed by atoms with Gasteiger partial charge in [-0.05, 0) is 25.0 Å². The zero-order chi connectivity index (χ0) is 19.0. The number of halogens is 3. The highest BCUT2D eigenvalue weighted by Gasteiger charge is 2.29. The number of rotatable bonds is 6. The Morgan fingerprint density at radius 2 is 2.07 bits per heavy atom. The summed E-state index contributed by atoms with van der Waals surface area (Å²) in [6.07, 6.45) is -1.44. The van der Waals surface area contributed by atoms with Gasteiger partial charge in [-0.25, -0.2) is 18.7 Å². The SMILES string of the molecule is O=C(Nc1cc2[nH]c(-c3ccnc(OC(F)C(F)F)n3)cc2cn1)C1CC1. The second kappa shape index (κ2) is 6.86. The summed E-state index contributed by atoms with van der Waals surface area (Å²) in [7, 11) is 0. The van der Waals surface area contributed by atoms with E-state index in [0.29, 0.717) is 22.7 Å². The number of hydrogen-bond donors (Lipinski definition) is 2. The number of nitrogens with one attached hydrogen (secondary N) is 2. The molecule has 3 heterocycles. The highest BCUT2D eigenvalue weighted by atomic mass is 19.3. The molecule has 3 aromatic heterocycles. The molecule has 0 saturated heterocycles. The molecule has 27 heavy (non-hydrogen) atoms. The Balaban J connectivity index is 1.57. The lowest BCUT2D eigenvalue weighted by Gasteiger charge is -2.08. The summed E-state index contributed by atoms with van der Waals surface area (Å²) in [5, 5.41) is 3.51. The van der Waals surface area contributed by atoms with Gasteiger partial charge in [0.2, 0.25) is 5.91 Å². The number of carbonyl (C=O) groups is 1. The van der Waals surface area contributed by atoms with Crippen molar-refractivity contribution in [3.05, 3.63) is 30.6 Å². The molecule has 1 atom stereocenters. The van der Waals surface area contributed by atoms with E-state index < -0.39 is 18.8 Å². The van der Waals surface area contributed by atoms with E-state index in [0.717, 1.165) is 18.2 Å². The average Bonchev–Trinajstić information content (AvgIpc) is 3.41. The van der Waals surface area contributed by atoms with Crippen molar-refractivity contribution in [2.24, 2.45) is 5.92 Å². The van der Waals surface area contributed by atoms with Gasteiger partial charge in [-0.1, -0.05) is 0 Å². The molecule has 4 rings (SSSR count). The number of anilines is 1. The summed E-state index contributed by atoms with van der Waals surface area (Å²) in [6.45, 7) is 0. The Morgan fingerprint density at radius 1 is 1.26 bits per heavy atom. The summed E-state index contributed by atoms with van der Waals surface area (Å²) in [6, 6.07) is 4.46. The van der Waals surface area contributed by atoms with Gasteiger partial charge < -0.3 is 15.0 Å². The molecule has 0 aromatic carbocycles. The molecule has 0 aliphatic heterocycles. The molecule has 2 N–H and O–H groups in total. The van der Waals surface area contributed by atoms with Crippen molar-refractivity contribution >= 4 is 22.6 Å². The maximum Gasteiger partial charge on any atom is 0.319 e. The van der Waals surface area contributed by atoms with Crippen LogP contribution in [0.5, 0.6) is 6.01 Å². The van der Waals surface area contributed by atoms with Crippen LogP contribution in [0.25, 0.3) is 22.3 Å². The van der Waals surface area contributed by atoms with Gasteiger partial charge in [-0.2, -0.15) is 9.37 Å². The fourth-order valence-corrected chi connectivity index (χ4v) is 2.51. The number of hydrogen-bond acceptors (Lipinski definition) is 5. The first kappa shape index (κ1) is 17.3. The third kappa shape index (κ3) is 3.83. The Morgan fingerprint density at radius 3 is 2.81 bits per heavy atom. The average molecular weight is 377 g/mol. The number of pyridine rings is 1. The van der Waals surface area contributed by atoms with E-state index in [-0.39, 0.29) is 11.8 Å². The number of aromatic nitrogens is 4. The van der Waals surface area contributed by atoms with E-state index in [1.165, 1.54) is 12.3 Å². The third-order valence-electron chi connectivity index (χ3n) is 4.03. The Kier molecular flexibility index (Phi) is 4.38. The number of amides is 1. The van der Waals surface area contributed by atoms with Gasteiger partial charge >= 0.3 is 18.8 Å². The zero-order valence-electron chi connectivity index (χ0n) is 13.8. The van der Waals surface area contributed by atoms with E-state index in [2.05, 4.69) is 30.0 Å². The van der Waals surface area contributed by atoms with Gasteiger partial charge in [-0.3, -0.25) is 4.79 Å². The molecule has 7 nitrogen and oxygen atoms in total. The Hall–Kier alpha value is -3.17. The minimum atomic E-state index is -3.29. The molecule has 140 valence electrons. The minimum Gasteiger partial charge on any atom is -0.422 e. The number of ether oxygens (including phenoxy) is 1. The summed E-state index contributed by atoms with van der Waals surface area (Å²) < 4.78 is 41.9. The summed E-state index contributed by atoms with van der Waals surface area (Å²) in [5.41, 5.74) is 1.57. The molecule has 0 radical (unpaired) electrons. The van der Waals surface area contributed by atoms with Crippen LogP contribution in [0, 0.1) is 5.92 Å². The van der Waals surface area contributed by atoms with Crippen molar-refractivity contribution in [2.75, 3.05) is 5.32 Å². The van der Waals surface area contributed by atoms with E-state index >= 15 is 0 Å². The quantitative estimate of drug-likeness (QED) is 0.688. The second-order valence-corrected chi connectivity index (χ2v) is 6.13. The van der Waals surface area contributed by atoms with Gasteiger partial charge in [0.25, 0.3) is 0 Å². The number of H-pyrrole nitrogens is 1. The number of carbonyl (C=O) groups excluding carboxylic acids is 1. The Labute approximate surface area is 151 Å². The van der Waals surface area contributed by atoms with Gasteiger partial charge in [-0.15, -0.1) is 0 Å². The van der Waals surface area contributed by atoms with Crippen molar-refractivity contribution in [1.29, 1.82) is 0 Å². The van der Waals surface area contributed by atoms with E-state index in [9.17, 15) is 18.0 Å². The van der Waals surface area contributed by atoms with Crippen LogP contribution >= 0.6 is 0 Å². The molecule has 1 unspecified atom stereocenters. The predicted octanol–water partition coefficient (Wildman–Crippen LogP) is 3.31. The first-order valence-corrected chi connectivity index (χ1v) is 8.21. The standard InChI is InChI=1S/C17H14F3N5O2/c18-14(19)15(20)27-17-21-4-3-10(24-17)12-5-9-7-22-13(6-11(9)23-12)25-16(26)8-1-2-8/h3-8,14-15,23H,1-2H2,(H,22,25,26). The van der Waals surface area contributed by atoms with E-state index in [1.807, 2.05) is 0 Å². The highest BCUT2D eigenvalue weighted by Crippen LogP contribution is 2.30. The molecule has 0 bridgehead atoms. The molecular formula is C17H14F3N5O2. The highest BCUT2D eigenvalue weighted by molar-refractivity contribution is 5.95. The van der Waals surface area contributed by atoms with Crippen molar-refractivity contribution in [3.63, 3.8) is 0 Å². The number of nitrogens with zero attached hydrogens (tertiary/aromatic N) is 3. The zero-order valence-corrected chi connectivity index (χ0v) is 13.8. The van der Waals surface area contributed by atoms with Gasteiger partial charge in [0.05, 0.1) is 16.9 Å². The smallest absolute Gasteiger partial charge is 0.319 e. The lowest BCUT2D eigenvalue weighted by atomic mass is 10.2. The van der Waals surface area contributed by atoms with Crippen molar-refractivity contribution in [1.82, 2.24) is 19.9 Å². The molecule has 1 amide bonds. The van der Waals surface area contributed by atoms with Crippen LogP contribution in [0.2, 0.25) is 0 Å². The van der Waals surface area contributed by atoms with Crippen LogP contribution in [0.1, 0.15) is 12.8 Å². The van der Waals surface area contributed by atoms with Crippen LogP contribution in [0.15, 0.2) is 30.6 Å². The Bertz CT molecular complexity index is 990. The van der Waals surface area contributed by atoms with Crippen molar-refractivity contribution in [2.45, 2.75) is 25.6 Å². The first-order valence-electron chi connectivity index (χ1n) is 8.21. The topological polar surface area (TPSA) is 92.8 Å². The van der Waals surface area contributed by atoms with Gasteiger partial charge in [0.15, 0.2) is 0 Å². The molecule has 1 fully saturated rings. The summed E-state index contributed by atoms with van der Waals surface area (Å²) >= 11 is 0. The maximum atomic E-state index is 13.0. The normalized spacial score (nSPS) is 15.1. The van der Waals surface area contributed by atoms with Crippen LogP contribution in [0.3, 0.4) is 0 Å². The van der Waals surface area contributed by atoms with Crippen LogP contribution < -0.4 is 10.1 Å². The van der Waals surface area contributed by atoms with Crippen molar-refractivity contribution < 1.29 is 22.7 Å². The molecular weight excluding hydrogens is 363 g/mol. The maximum absolute atomic E-state index is 13.0. The number of fused-ring (bicyclic) bond motifs is 1. The van der Waals surface area contributed by atoms with Crippen LogP contribution in [-0.4, -0.2) is 38.6 Å². The number of aromatic amines is 1. The largest absolute Gasteiger partial charge is 0.422 e. The van der Waals surface area contributed by atoms with Crippen LogP contribution in [0.4, 0.5) is 19.0 Å². The second-order valence-electron chi connectivity index (χ2n) is 6.13. The predicted molar refractivity (Wildman–Crippen MR) is 90.0 cm³/mol. The minimum absolute atomic E-state index is 0.0500. The molecule has 10 heteroatoms. The monoisotopic (exact) mass is 377 g/mol. The third-order valence-corrected chi connectivity index (χ3v) is 4.03. The molecule has 3 aromatic rings. The van der Waals surface area contributed by atoms with E-state index in [4.69, 9.17) is 0 Å². The molecule has 0 spiro atoms.